The zero-order chi connectivity index (χ0) is 10.5. The van der Waals surface area contributed by atoms with Gasteiger partial charge in [0, 0.05) is 0 Å². The molecule has 0 heteroatoms. The second-order valence-corrected chi connectivity index (χ2v) is 4.25. The number of hydrogen-bond acceptors (Lipinski definition) is 0. The van der Waals surface area contributed by atoms with Gasteiger partial charge >= 0.3 is 0 Å². The maximum atomic E-state index is 2.24. The Labute approximate surface area is 92.8 Å². The van der Waals surface area contributed by atoms with E-state index < -0.39 is 0 Å². The molecule has 0 nitrogen and oxygen atoms in total. The van der Waals surface area contributed by atoms with Crippen LogP contribution in [0.1, 0.15) is 0 Å². The first-order valence-corrected chi connectivity index (χ1v) is 5.57. The Kier molecular flexibility index (Phi) is 1.39. The molecule has 0 atom stereocenters. The lowest BCUT2D eigenvalue weighted by molar-refractivity contribution is 1.31. The Hall–Kier alpha value is -2.08. The van der Waals surface area contributed by atoms with Gasteiger partial charge in [-0.1, -0.05) is 60.7 Å². The quantitative estimate of drug-likeness (QED) is 0.407. The highest BCUT2D eigenvalue weighted by Gasteiger charge is 2.04. The van der Waals surface area contributed by atoms with Crippen molar-refractivity contribution >= 4 is 10.8 Å². The van der Waals surface area contributed by atoms with Gasteiger partial charge in [-0.25, -0.2) is 0 Å². The standard InChI is InChI=1S/C16H10/c1-2-6-12-11(5-1)9-10-15-13-7-3-4-8-14(13)16(12)15/h1-10H. The van der Waals surface area contributed by atoms with Gasteiger partial charge in [-0.15, -0.1) is 0 Å². The first kappa shape index (κ1) is 8.12. The fourth-order valence-corrected chi connectivity index (χ4v) is 2.66. The van der Waals surface area contributed by atoms with Crippen LogP contribution in [0.2, 0.25) is 0 Å². The van der Waals surface area contributed by atoms with E-state index in [1.54, 1.807) is 0 Å². The Balaban J connectivity index is 2.43. The predicted molar refractivity (Wildman–Crippen MR) is 65.7 cm³/mol. The molecule has 3 aromatic carbocycles. The van der Waals surface area contributed by atoms with E-state index in [2.05, 4.69) is 60.7 Å². The van der Waals surface area contributed by atoms with E-state index in [1.807, 2.05) is 0 Å². The predicted octanol–water partition coefficient (Wildman–Crippen LogP) is 3.73. The molecule has 1 aliphatic carbocycles. The molecule has 0 unspecified atom stereocenters. The smallest absolute Gasteiger partial charge is 0.00204 e. The van der Waals surface area contributed by atoms with E-state index >= 15 is 0 Å². The van der Waals surface area contributed by atoms with E-state index in [4.69, 9.17) is 0 Å². The molecule has 0 radical (unpaired) electrons. The van der Waals surface area contributed by atoms with Gasteiger partial charge in [-0.2, -0.15) is 0 Å². The van der Waals surface area contributed by atoms with Crippen LogP contribution in [-0.4, -0.2) is 0 Å². The molecule has 0 amide bonds. The molecule has 1 aliphatic rings. The summed E-state index contributed by atoms with van der Waals surface area (Å²) in [5, 5.41) is 8.31. The summed E-state index contributed by atoms with van der Waals surface area (Å²) >= 11 is 0. The van der Waals surface area contributed by atoms with Gasteiger partial charge in [-0.05, 0) is 31.6 Å². The lowest BCUT2D eigenvalue weighted by Gasteiger charge is -2.07. The summed E-state index contributed by atoms with van der Waals surface area (Å²) in [5.74, 6) is 0. The third kappa shape index (κ3) is 0.849. The van der Waals surface area contributed by atoms with Crippen molar-refractivity contribution in [2.24, 2.45) is 0 Å². The van der Waals surface area contributed by atoms with Crippen molar-refractivity contribution in [3.05, 3.63) is 81.5 Å². The SMILES string of the molecule is c1ccc2c(c1)=c1ccc3ccccc3c1=2. The van der Waals surface area contributed by atoms with Crippen LogP contribution < -0.4 is 0 Å². The van der Waals surface area contributed by atoms with Crippen LogP contribution in [0.5, 0.6) is 0 Å². The molecule has 0 aromatic heterocycles. The number of rotatable bonds is 0. The molecule has 16 heavy (non-hydrogen) atoms. The third-order valence-corrected chi connectivity index (χ3v) is 3.42. The summed E-state index contributed by atoms with van der Waals surface area (Å²) in [7, 11) is 0. The van der Waals surface area contributed by atoms with Crippen LogP contribution in [0.15, 0.2) is 60.7 Å². The van der Waals surface area contributed by atoms with Crippen molar-refractivity contribution in [3.8, 4) is 0 Å². The van der Waals surface area contributed by atoms with E-state index in [0.717, 1.165) is 0 Å². The van der Waals surface area contributed by atoms with Gasteiger partial charge in [0.15, 0.2) is 0 Å². The zero-order valence-electron chi connectivity index (χ0n) is 8.77. The fourth-order valence-electron chi connectivity index (χ4n) is 2.66. The maximum Gasteiger partial charge on any atom is -0.00204 e. The first-order valence-electron chi connectivity index (χ1n) is 5.57. The minimum Gasteiger partial charge on any atom is -0.0616 e. The maximum absolute atomic E-state index is 2.24. The third-order valence-electron chi connectivity index (χ3n) is 3.42. The lowest BCUT2D eigenvalue weighted by atomic mass is 9.96. The topological polar surface area (TPSA) is 0 Å². The molecule has 0 N–H and O–H groups in total. The van der Waals surface area contributed by atoms with Crippen LogP contribution in [0.4, 0.5) is 0 Å². The highest BCUT2D eigenvalue weighted by Crippen LogP contribution is 2.22. The average Bonchev–Trinajstić information content (AvgIpc) is 2.34. The number of hydrogen-bond donors (Lipinski definition) is 0. The van der Waals surface area contributed by atoms with Gasteiger partial charge in [0.1, 0.15) is 0 Å². The number of fused-ring (bicyclic) bond motifs is 4. The van der Waals surface area contributed by atoms with Crippen molar-refractivity contribution in [1.82, 2.24) is 0 Å². The van der Waals surface area contributed by atoms with E-state index in [0.29, 0.717) is 0 Å². The molecular formula is C16H10. The van der Waals surface area contributed by atoms with Crippen LogP contribution in [0.3, 0.4) is 0 Å². The largest absolute Gasteiger partial charge is 0.0616 e. The summed E-state index contributed by atoms with van der Waals surface area (Å²) < 4.78 is 0. The molecule has 0 spiro atoms. The van der Waals surface area contributed by atoms with Crippen LogP contribution in [-0.2, 0) is 0 Å². The molecule has 0 fully saturated rings. The van der Waals surface area contributed by atoms with Gasteiger partial charge in [0.25, 0.3) is 0 Å². The summed E-state index contributed by atoms with van der Waals surface area (Å²) in [6.45, 7) is 0. The van der Waals surface area contributed by atoms with Gasteiger partial charge in [0.2, 0.25) is 0 Å². The van der Waals surface area contributed by atoms with Crippen LogP contribution in [0, 0.1) is 20.9 Å². The molecule has 74 valence electrons. The lowest BCUT2D eigenvalue weighted by Crippen LogP contribution is -1.91. The molecule has 3 aromatic rings. The normalized spacial score (nSPS) is 11.8. The van der Waals surface area contributed by atoms with Crippen molar-refractivity contribution in [3.63, 3.8) is 0 Å². The van der Waals surface area contributed by atoms with Gasteiger partial charge < -0.3 is 0 Å². The second-order valence-electron chi connectivity index (χ2n) is 4.25. The van der Waals surface area contributed by atoms with Crippen molar-refractivity contribution in [2.45, 2.75) is 0 Å². The van der Waals surface area contributed by atoms with Crippen molar-refractivity contribution in [2.75, 3.05) is 0 Å². The van der Waals surface area contributed by atoms with Gasteiger partial charge in [-0.3, -0.25) is 0 Å². The molecule has 0 saturated heterocycles. The summed E-state index contributed by atoms with van der Waals surface area (Å²) in [5.41, 5.74) is 0. The average molecular weight is 202 g/mol. The van der Waals surface area contributed by atoms with Gasteiger partial charge in [0.05, 0.1) is 0 Å². The minimum atomic E-state index is 1.33. The monoisotopic (exact) mass is 202 g/mol. The highest BCUT2D eigenvalue weighted by atomic mass is 14.1. The molecule has 0 bridgehead atoms. The summed E-state index contributed by atoms with van der Waals surface area (Å²) in [4.78, 5) is 0. The Morgan fingerprint density at radius 1 is 0.500 bits per heavy atom. The molecule has 0 heterocycles. The second kappa shape index (κ2) is 2.73. The van der Waals surface area contributed by atoms with Crippen molar-refractivity contribution in [1.29, 1.82) is 0 Å². The summed E-state index contributed by atoms with van der Waals surface area (Å²) in [6, 6.07) is 21.7. The first-order chi connectivity index (χ1) is 7.95. The Bertz CT molecular complexity index is 889. The summed E-state index contributed by atoms with van der Waals surface area (Å²) in [6.07, 6.45) is 0. The van der Waals surface area contributed by atoms with E-state index in [-0.39, 0.29) is 0 Å². The van der Waals surface area contributed by atoms with Crippen molar-refractivity contribution < 1.29 is 0 Å². The van der Waals surface area contributed by atoms with Crippen LogP contribution in [0.25, 0.3) is 10.8 Å². The Morgan fingerprint density at radius 2 is 1.25 bits per heavy atom. The number of benzene rings is 3. The van der Waals surface area contributed by atoms with Crippen LogP contribution >= 0.6 is 0 Å². The van der Waals surface area contributed by atoms with E-state index in [9.17, 15) is 0 Å². The van der Waals surface area contributed by atoms with E-state index in [1.165, 1.54) is 31.6 Å². The Morgan fingerprint density at radius 3 is 2.19 bits per heavy atom. The molecule has 4 rings (SSSR count). The molecule has 0 aliphatic heterocycles. The highest BCUT2D eigenvalue weighted by molar-refractivity contribution is 5.83. The molecule has 0 saturated carbocycles. The minimum absolute atomic E-state index is 1.33. The zero-order valence-corrected chi connectivity index (χ0v) is 8.77. The fraction of sp³-hybridized carbons (Fsp3) is 0. The molecular weight excluding hydrogens is 192 g/mol.